The molecule has 61 valence electrons. The number of hydrogen-bond donors (Lipinski definition) is 0. The Morgan fingerprint density at radius 1 is 1.15 bits per heavy atom. The topological polar surface area (TPSA) is 30.2 Å². The number of benzene rings is 1. The van der Waals surface area contributed by atoms with Crippen LogP contribution in [0.5, 0.6) is 0 Å². The Balaban J connectivity index is 2.65. The summed E-state index contributed by atoms with van der Waals surface area (Å²) in [6.45, 7) is 0. The standard InChI is InChI=1S/C10H6N3/c1-2-4-9-8(3-1)12-7-10-11-5-6-13(9)10/h1-5,7H. The number of nitrogens with zero attached hydrogens (tertiary/aromatic N) is 3. The van der Waals surface area contributed by atoms with E-state index in [1.807, 2.05) is 28.7 Å². The average Bonchev–Trinajstić information content (AvgIpc) is 2.65. The molecule has 0 spiro atoms. The maximum Gasteiger partial charge on any atom is 0.156 e. The van der Waals surface area contributed by atoms with Crippen LogP contribution in [-0.4, -0.2) is 14.4 Å². The number of hydrogen-bond acceptors (Lipinski definition) is 2. The second-order valence-electron chi connectivity index (χ2n) is 2.83. The molecule has 3 nitrogen and oxygen atoms in total. The van der Waals surface area contributed by atoms with Crippen molar-refractivity contribution >= 4 is 16.7 Å². The molecule has 0 aliphatic heterocycles. The molecule has 0 saturated carbocycles. The molecular weight excluding hydrogens is 162 g/mol. The molecular formula is C10H6N3. The summed E-state index contributed by atoms with van der Waals surface area (Å²) in [5.41, 5.74) is 2.83. The lowest BCUT2D eigenvalue weighted by Gasteiger charge is -1.98. The smallest absolute Gasteiger partial charge is 0.156 e. The molecule has 0 atom stereocenters. The molecule has 2 heterocycles. The largest absolute Gasteiger partial charge is 0.288 e. The molecule has 0 bridgehead atoms. The van der Waals surface area contributed by atoms with Gasteiger partial charge in [0.15, 0.2) is 5.65 Å². The van der Waals surface area contributed by atoms with E-state index in [0.717, 1.165) is 16.7 Å². The minimum absolute atomic E-state index is 0.832. The summed E-state index contributed by atoms with van der Waals surface area (Å²) >= 11 is 0. The fourth-order valence-electron chi connectivity index (χ4n) is 1.45. The van der Waals surface area contributed by atoms with Crippen LogP contribution in [0.4, 0.5) is 0 Å². The van der Waals surface area contributed by atoms with Gasteiger partial charge in [-0.05, 0) is 12.1 Å². The minimum atomic E-state index is 0.832. The van der Waals surface area contributed by atoms with E-state index in [0.29, 0.717) is 0 Å². The van der Waals surface area contributed by atoms with Crippen LogP contribution < -0.4 is 0 Å². The summed E-state index contributed by atoms with van der Waals surface area (Å²) in [6, 6.07) is 7.94. The monoisotopic (exact) mass is 168 g/mol. The zero-order valence-corrected chi connectivity index (χ0v) is 6.81. The van der Waals surface area contributed by atoms with Gasteiger partial charge in [0.25, 0.3) is 0 Å². The van der Waals surface area contributed by atoms with Crippen LogP contribution in [0.3, 0.4) is 0 Å². The quantitative estimate of drug-likeness (QED) is 0.511. The van der Waals surface area contributed by atoms with Crippen LogP contribution in [-0.2, 0) is 0 Å². The van der Waals surface area contributed by atoms with Gasteiger partial charge in [-0.2, -0.15) is 0 Å². The minimum Gasteiger partial charge on any atom is -0.288 e. The van der Waals surface area contributed by atoms with Gasteiger partial charge in [-0.3, -0.25) is 9.38 Å². The molecule has 0 saturated heterocycles. The number of imidazole rings is 1. The molecule has 3 rings (SSSR count). The number of rotatable bonds is 0. The van der Waals surface area contributed by atoms with Crippen molar-refractivity contribution in [2.45, 2.75) is 0 Å². The molecule has 2 aromatic heterocycles. The molecule has 0 amide bonds. The third-order valence-electron chi connectivity index (χ3n) is 2.05. The van der Waals surface area contributed by atoms with E-state index < -0.39 is 0 Å². The highest BCUT2D eigenvalue weighted by molar-refractivity contribution is 5.76. The first-order chi connectivity index (χ1) is 6.45. The van der Waals surface area contributed by atoms with Gasteiger partial charge in [0.05, 0.1) is 29.6 Å². The SMILES string of the molecule is [c]1cnc2cnc3ccccc3n12. The predicted octanol–water partition coefficient (Wildman–Crippen LogP) is 1.68. The lowest BCUT2D eigenvalue weighted by atomic mass is 10.3. The Morgan fingerprint density at radius 3 is 3.08 bits per heavy atom. The van der Waals surface area contributed by atoms with Gasteiger partial charge in [0.2, 0.25) is 0 Å². The normalized spacial score (nSPS) is 11.1. The summed E-state index contributed by atoms with van der Waals surface area (Å²) < 4.78 is 1.91. The summed E-state index contributed by atoms with van der Waals surface area (Å²) in [5, 5.41) is 0. The fourth-order valence-corrected chi connectivity index (χ4v) is 1.45. The van der Waals surface area contributed by atoms with Gasteiger partial charge < -0.3 is 0 Å². The van der Waals surface area contributed by atoms with E-state index in [4.69, 9.17) is 0 Å². The van der Waals surface area contributed by atoms with E-state index in [9.17, 15) is 0 Å². The van der Waals surface area contributed by atoms with Crippen LogP contribution >= 0.6 is 0 Å². The molecule has 1 aromatic carbocycles. The second kappa shape index (κ2) is 2.29. The van der Waals surface area contributed by atoms with Crippen LogP contribution in [0.25, 0.3) is 16.7 Å². The Kier molecular flexibility index (Phi) is 1.16. The third-order valence-corrected chi connectivity index (χ3v) is 2.05. The Labute approximate surface area is 74.7 Å². The van der Waals surface area contributed by atoms with Crippen molar-refractivity contribution in [1.82, 2.24) is 14.4 Å². The summed E-state index contributed by atoms with van der Waals surface area (Å²) in [5.74, 6) is 0. The van der Waals surface area contributed by atoms with Crippen LogP contribution in [0.2, 0.25) is 0 Å². The molecule has 0 aliphatic carbocycles. The summed E-state index contributed by atoms with van der Waals surface area (Å²) in [4.78, 5) is 8.39. The van der Waals surface area contributed by atoms with Crippen molar-refractivity contribution in [3.63, 3.8) is 0 Å². The fraction of sp³-hybridized carbons (Fsp3) is 0. The Hall–Kier alpha value is -1.90. The molecule has 1 radical (unpaired) electrons. The van der Waals surface area contributed by atoms with E-state index in [1.165, 1.54) is 0 Å². The van der Waals surface area contributed by atoms with Gasteiger partial charge in [-0.1, -0.05) is 12.1 Å². The van der Waals surface area contributed by atoms with Crippen molar-refractivity contribution in [1.29, 1.82) is 0 Å². The molecule has 3 heteroatoms. The lowest BCUT2D eigenvalue weighted by Crippen LogP contribution is -1.88. The Morgan fingerprint density at radius 2 is 2.08 bits per heavy atom. The molecule has 13 heavy (non-hydrogen) atoms. The van der Waals surface area contributed by atoms with Crippen molar-refractivity contribution in [3.05, 3.63) is 42.9 Å². The lowest BCUT2D eigenvalue weighted by molar-refractivity contribution is 1.20. The molecule has 3 aromatic rings. The van der Waals surface area contributed by atoms with Crippen molar-refractivity contribution in [2.75, 3.05) is 0 Å². The highest BCUT2D eigenvalue weighted by Gasteiger charge is 1.99. The zero-order valence-electron chi connectivity index (χ0n) is 6.81. The van der Waals surface area contributed by atoms with Crippen molar-refractivity contribution in [3.8, 4) is 0 Å². The van der Waals surface area contributed by atoms with Crippen LogP contribution in [0.1, 0.15) is 0 Å². The molecule has 0 aliphatic rings. The first-order valence-electron chi connectivity index (χ1n) is 4.04. The average molecular weight is 168 g/mol. The zero-order chi connectivity index (χ0) is 8.67. The van der Waals surface area contributed by atoms with Crippen molar-refractivity contribution < 1.29 is 0 Å². The second-order valence-corrected chi connectivity index (χ2v) is 2.83. The van der Waals surface area contributed by atoms with Crippen LogP contribution in [0.15, 0.2) is 36.7 Å². The van der Waals surface area contributed by atoms with Gasteiger partial charge in [0, 0.05) is 0 Å². The molecule has 0 fully saturated rings. The summed E-state index contributed by atoms with van der Waals surface area (Å²) in [7, 11) is 0. The van der Waals surface area contributed by atoms with E-state index >= 15 is 0 Å². The number of para-hydroxylation sites is 2. The highest BCUT2D eigenvalue weighted by Crippen LogP contribution is 2.11. The predicted molar refractivity (Wildman–Crippen MR) is 49.3 cm³/mol. The summed E-state index contributed by atoms with van der Waals surface area (Å²) in [6.07, 6.45) is 6.43. The third kappa shape index (κ3) is 0.839. The van der Waals surface area contributed by atoms with Gasteiger partial charge >= 0.3 is 0 Å². The van der Waals surface area contributed by atoms with Crippen molar-refractivity contribution in [2.24, 2.45) is 0 Å². The number of aromatic nitrogens is 3. The highest BCUT2D eigenvalue weighted by atomic mass is 15.0. The first-order valence-corrected chi connectivity index (χ1v) is 4.04. The van der Waals surface area contributed by atoms with E-state index in [-0.39, 0.29) is 0 Å². The molecule has 0 N–H and O–H groups in total. The Bertz CT molecular complexity index is 568. The van der Waals surface area contributed by atoms with E-state index in [1.54, 1.807) is 12.4 Å². The van der Waals surface area contributed by atoms with Gasteiger partial charge in [0.1, 0.15) is 0 Å². The first kappa shape index (κ1) is 6.60. The number of fused-ring (bicyclic) bond motifs is 3. The van der Waals surface area contributed by atoms with Crippen LogP contribution in [0, 0.1) is 6.20 Å². The van der Waals surface area contributed by atoms with E-state index in [2.05, 4.69) is 16.2 Å². The maximum absolute atomic E-state index is 4.28. The molecule has 0 unspecified atom stereocenters. The van der Waals surface area contributed by atoms with Gasteiger partial charge in [-0.15, -0.1) is 0 Å². The van der Waals surface area contributed by atoms with Gasteiger partial charge in [-0.25, -0.2) is 4.98 Å². The maximum atomic E-state index is 4.28.